The smallest absolute Gasteiger partial charge is 0.323 e. The molecule has 0 radical (unpaired) electrons. The molecule has 0 bridgehead atoms. The van der Waals surface area contributed by atoms with Crippen molar-refractivity contribution in [2.45, 2.75) is 19.3 Å². The Hall–Kier alpha value is -3.81. The van der Waals surface area contributed by atoms with Gasteiger partial charge in [-0.3, -0.25) is 0 Å². The molecule has 1 saturated heterocycles. The van der Waals surface area contributed by atoms with E-state index >= 15 is 0 Å². The molecule has 1 fully saturated rings. The number of amides is 2. The van der Waals surface area contributed by atoms with Crippen molar-refractivity contribution >= 4 is 23.2 Å². The lowest BCUT2D eigenvalue weighted by atomic mass is 10.1. The van der Waals surface area contributed by atoms with Gasteiger partial charge < -0.3 is 25.0 Å². The van der Waals surface area contributed by atoms with Crippen LogP contribution in [-0.2, 0) is 0 Å². The van der Waals surface area contributed by atoms with Gasteiger partial charge in [0, 0.05) is 36.1 Å². The monoisotopic (exact) mass is 417 g/mol. The van der Waals surface area contributed by atoms with E-state index in [1.54, 1.807) is 18.2 Å². The zero-order valence-corrected chi connectivity index (χ0v) is 17.0. The number of carbonyl (C=O) groups excluding carboxylic acids is 1. The number of hydrogen-bond donors (Lipinski definition) is 2. The van der Waals surface area contributed by atoms with Crippen LogP contribution in [0.15, 0.2) is 54.6 Å². The summed E-state index contributed by atoms with van der Waals surface area (Å²) in [6.07, 6.45) is 3.68. The van der Waals surface area contributed by atoms with Crippen molar-refractivity contribution < 1.29 is 14.3 Å². The first-order valence-electron chi connectivity index (χ1n) is 10.4. The molecule has 3 heterocycles. The number of nitrogens with zero attached hydrogens (tertiary/aromatic N) is 3. The number of fused-ring (bicyclic) bond motifs is 1. The third-order valence-electron chi connectivity index (χ3n) is 5.38. The lowest BCUT2D eigenvalue weighted by molar-refractivity contribution is 0.174. The zero-order valence-electron chi connectivity index (χ0n) is 17.0. The Balaban J connectivity index is 1.25. The molecule has 2 N–H and O–H groups in total. The maximum atomic E-state index is 12.4. The van der Waals surface area contributed by atoms with E-state index in [4.69, 9.17) is 9.47 Å². The number of piperidine rings is 1. The minimum Gasteiger partial charge on any atom is -0.454 e. The Bertz CT molecular complexity index is 1080. The highest BCUT2D eigenvalue weighted by Crippen LogP contribution is 2.34. The highest BCUT2D eigenvalue weighted by molar-refractivity contribution is 6.00. The van der Waals surface area contributed by atoms with Crippen LogP contribution in [0.5, 0.6) is 11.5 Å². The molecule has 5 rings (SSSR count). The molecule has 0 spiro atoms. The number of urea groups is 1. The van der Waals surface area contributed by atoms with E-state index in [2.05, 4.69) is 25.7 Å². The van der Waals surface area contributed by atoms with Gasteiger partial charge in [0.1, 0.15) is 0 Å². The van der Waals surface area contributed by atoms with Crippen LogP contribution in [0.4, 0.5) is 22.0 Å². The first-order valence-corrected chi connectivity index (χ1v) is 10.4. The number of hydrogen-bond acceptors (Lipinski definition) is 6. The Morgan fingerprint density at radius 3 is 2.45 bits per heavy atom. The Labute approximate surface area is 180 Å². The van der Waals surface area contributed by atoms with Gasteiger partial charge in [-0.15, -0.1) is 10.2 Å². The van der Waals surface area contributed by atoms with E-state index in [1.807, 2.05) is 36.4 Å². The van der Waals surface area contributed by atoms with Crippen LogP contribution in [0, 0.1) is 0 Å². The van der Waals surface area contributed by atoms with Gasteiger partial charge in [-0.25, -0.2) is 4.79 Å². The van der Waals surface area contributed by atoms with Crippen LogP contribution in [0.2, 0.25) is 0 Å². The maximum Gasteiger partial charge on any atom is 0.323 e. The molecular formula is C23H23N5O3. The molecule has 8 nitrogen and oxygen atoms in total. The van der Waals surface area contributed by atoms with Crippen molar-refractivity contribution in [1.82, 2.24) is 10.2 Å². The summed E-state index contributed by atoms with van der Waals surface area (Å²) >= 11 is 0. The maximum absolute atomic E-state index is 12.4. The molecular weight excluding hydrogens is 394 g/mol. The largest absolute Gasteiger partial charge is 0.454 e. The van der Waals surface area contributed by atoms with Crippen molar-refractivity contribution in [3.63, 3.8) is 0 Å². The van der Waals surface area contributed by atoms with Gasteiger partial charge in [-0.2, -0.15) is 0 Å². The number of aromatic nitrogens is 2. The average Bonchev–Trinajstić information content (AvgIpc) is 3.28. The quantitative estimate of drug-likeness (QED) is 0.650. The number of anilines is 3. The van der Waals surface area contributed by atoms with Gasteiger partial charge in [0.25, 0.3) is 0 Å². The Morgan fingerprint density at radius 1 is 0.839 bits per heavy atom. The fourth-order valence-corrected chi connectivity index (χ4v) is 3.79. The predicted octanol–water partition coefficient (Wildman–Crippen LogP) is 4.51. The summed E-state index contributed by atoms with van der Waals surface area (Å²) < 4.78 is 10.6. The molecule has 31 heavy (non-hydrogen) atoms. The standard InChI is InChI=1S/C23H23N5O3/c29-23(25-18-7-9-20-21(14-18)31-15-30-20)24-17-6-4-5-16(13-17)19-8-10-22(27-26-19)28-11-2-1-3-12-28/h4-10,13-14H,1-3,11-12,15H2,(H2,24,25,29). The van der Waals surface area contributed by atoms with Crippen molar-refractivity contribution in [3.05, 3.63) is 54.6 Å². The Morgan fingerprint density at radius 2 is 1.65 bits per heavy atom. The summed E-state index contributed by atoms with van der Waals surface area (Å²) in [7, 11) is 0. The van der Waals surface area contributed by atoms with Gasteiger partial charge in [-0.05, 0) is 55.7 Å². The minimum atomic E-state index is -0.345. The molecule has 8 heteroatoms. The van der Waals surface area contributed by atoms with Crippen molar-refractivity contribution in [2.75, 3.05) is 35.4 Å². The van der Waals surface area contributed by atoms with E-state index in [9.17, 15) is 4.79 Å². The normalized spacial score (nSPS) is 14.9. The van der Waals surface area contributed by atoms with Gasteiger partial charge in [0.15, 0.2) is 17.3 Å². The molecule has 0 unspecified atom stereocenters. The van der Waals surface area contributed by atoms with Crippen molar-refractivity contribution in [1.29, 1.82) is 0 Å². The number of rotatable bonds is 4. The van der Waals surface area contributed by atoms with Gasteiger partial charge in [-0.1, -0.05) is 12.1 Å². The van der Waals surface area contributed by atoms with E-state index in [1.165, 1.54) is 19.3 Å². The molecule has 1 aromatic heterocycles. The van der Waals surface area contributed by atoms with Crippen molar-refractivity contribution in [3.8, 4) is 22.8 Å². The second-order valence-electron chi connectivity index (χ2n) is 7.55. The highest BCUT2D eigenvalue weighted by Gasteiger charge is 2.15. The summed E-state index contributed by atoms with van der Waals surface area (Å²) in [4.78, 5) is 14.7. The van der Waals surface area contributed by atoms with E-state index in [0.29, 0.717) is 22.9 Å². The first kappa shape index (κ1) is 19.2. The van der Waals surface area contributed by atoms with Crippen LogP contribution in [-0.4, -0.2) is 36.1 Å². The molecule has 0 saturated carbocycles. The predicted molar refractivity (Wildman–Crippen MR) is 119 cm³/mol. The third kappa shape index (κ3) is 4.37. The second-order valence-corrected chi connectivity index (χ2v) is 7.55. The molecule has 2 amide bonds. The molecule has 0 aliphatic carbocycles. The van der Waals surface area contributed by atoms with Crippen LogP contribution in [0.3, 0.4) is 0 Å². The molecule has 2 aliphatic heterocycles. The molecule has 0 atom stereocenters. The second kappa shape index (κ2) is 8.51. The zero-order chi connectivity index (χ0) is 21.0. The Kier molecular flexibility index (Phi) is 5.26. The van der Waals surface area contributed by atoms with E-state index < -0.39 is 0 Å². The van der Waals surface area contributed by atoms with Crippen LogP contribution in [0.25, 0.3) is 11.3 Å². The number of nitrogens with one attached hydrogen (secondary N) is 2. The van der Waals surface area contributed by atoms with E-state index in [0.717, 1.165) is 30.2 Å². The summed E-state index contributed by atoms with van der Waals surface area (Å²) in [5.41, 5.74) is 2.94. The third-order valence-corrected chi connectivity index (χ3v) is 5.38. The van der Waals surface area contributed by atoms with Gasteiger partial charge in [0.05, 0.1) is 5.69 Å². The molecule has 3 aromatic rings. The fourth-order valence-electron chi connectivity index (χ4n) is 3.79. The lowest BCUT2D eigenvalue weighted by Crippen LogP contribution is -2.30. The summed E-state index contributed by atoms with van der Waals surface area (Å²) in [5, 5.41) is 14.5. The summed E-state index contributed by atoms with van der Waals surface area (Å²) in [6.45, 7) is 2.26. The van der Waals surface area contributed by atoms with E-state index in [-0.39, 0.29) is 12.8 Å². The molecule has 158 valence electrons. The van der Waals surface area contributed by atoms with Crippen molar-refractivity contribution in [2.24, 2.45) is 0 Å². The summed E-state index contributed by atoms with van der Waals surface area (Å²) in [6, 6.07) is 16.5. The number of benzene rings is 2. The van der Waals surface area contributed by atoms with Crippen LogP contribution >= 0.6 is 0 Å². The number of ether oxygens (including phenoxy) is 2. The lowest BCUT2D eigenvalue weighted by Gasteiger charge is -2.27. The SMILES string of the molecule is O=C(Nc1cccc(-c2ccc(N3CCCCC3)nn2)c1)Nc1ccc2c(c1)OCO2. The van der Waals surface area contributed by atoms with Gasteiger partial charge in [0.2, 0.25) is 6.79 Å². The van der Waals surface area contributed by atoms with Crippen LogP contribution in [0.1, 0.15) is 19.3 Å². The minimum absolute atomic E-state index is 0.194. The first-order chi connectivity index (χ1) is 15.2. The molecule has 2 aromatic carbocycles. The highest BCUT2D eigenvalue weighted by atomic mass is 16.7. The fraction of sp³-hybridized carbons (Fsp3) is 0.261. The molecule has 2 aliphatic rings. The summed E-state index contributed by atoms with van der Waals surface area (Å²) in [5.74, 6) is 2.21. The van der Waals surface area contributed by atoms with Gasteiger partial charge >= 0.3 is 6.03 Å². The van der Waals surface area contributed by atoms with Crippen LogP contribution < -0.4 is 25.0 Å². The average molecular weight is 417 g/mol. The number of carbonyl (C=O) groups is 1. The topological polar surface area (TPSA) is 88.6 Å².